The summed E-state index contributed by atoms with van der Waals surface area (Å²) in [6, 6.07) is 3.10. The van der Waals surface area contributed by atoms with Crippen molar-refractivity contribution in [3.63, 3.8) is 0 Å². The first-order valence-electron chi connectivity index (χ1n) is 11.1. The number of rotatable bonds is 6. The molecule has 4 aliphatic rings. The number of hydrogen-bond donors (Lipinski definition) is 2. The fourth-order valence-corrected chi connectivity index (χ4v) is 5.95. The highest BCUT2D eigenvalue weighted by molar-refractivity contribution is 5.88. The Kier molecular flexibility index (Phi) is 4.05. The van der Waals surface area contributed by atoms with Crippen LogP contribution >= 0.6 is 0 Å². The van der Waals surface area contributed by atoms with Crippen LogP contribution in [0.2, 0.25) is 0 Å². The zero-order valence-corrected chi connectivity index (χ0v) is 17.7. The molecule has 4 bridgehead atoms. The lowest BCUT2D eigenvalue weighted by molar-refractivity contribution is 0.0687. The molecule has 0 spiro atoms. The largest absolute Gasteiger partial charge is 0.476 e. The highest BCUT2D eigenvalue weighted by atomic mass is 16.5. The normalized spacial score (nSPS) is 25.5. The Morgan fingerprint density at radius 2 is 2.25 bits per heavy atom. The summed E-state index contributed by atoms with van der Waals surface area (Å²) in [5.74, 6) is 0.940. The summed E-state index contributed by atoms with van der Waals surface area (Å²) in [5.41, 5.74) is 1.51. The molecule has 2 fully saturated rings. The average molecular weight is 433 g/mol. The summed E-state index contributed by atoms with van der Waals surface area (Å²) in [6.07, 6.45) is 8.95. The van der Waals surface area contributed by atoms with Gasteiger partial charge in [0.05, 0.1) is 5.41 Å². The molecule has 0 aromatic carbocycles. The van der Waals surface area contributed by atoms with Crippen LogP contribution in [-0.4, -0.2) is 35.6 Å². The maximum Gasteiger partial charge on any atom is 0.358 e. The van der Waals surface area contributed by atoms with Gasteiger partial charge in [-0.05, 0) is 56.1 Å². The van der Waals surface area contributed by atoms with E-state index >= 15 is 0 Å². The van der Waals surface area contributed by atoms with Crippen molar-refractivity contribution in [3.05, 3.63) is 51.9 Å². The lowest BCUT2D eigenvalue weighted by atomic mass is 9.74. The van der Waals surface area contributed by atoms with Gasteiger partial charge in [-0.25, -0.2) is 14.8 Å². The van der Waals surface area contributed by atoms with Gasteiger partial charge in [0.1, 0.15) is 5.82 Å². The van der Waals surface area contributed by atoms with Gasteiger partial charge in [0, 0.05) is 12.7 Å². The predicted molar refractivity (Wildman–Crippen MR) is 115 cm³/mol. The number of allylic oxidation sites excluding steroid dienone is 2. The quantitative estimate of drug-likeness (QED) is 0.571. The molecule has 3 heterocycles. The van der Waals surface area contributed by atoms with Gasteiger partial charge in [-0.2, -0.15) is 4.98 Å². The Labute approximate surface area is 183 Å². The van der Waals surface area contributed by atoms with E-state index in [0.29, 0.717) is 36.0 Å². The number of carbonyl (C=O) groups is 1. The van der Waals surface area contributed by atoms with Crippen LogP contribution in [0.4, 0.5) is 0 Å². The highest BCUT2D eigenvalue weighted by Crippen LogP contribution is 2.62. The Morgan fingerprint density at radius 1 is 1.38 bits per heavy atom. The zero-order chi connectivity index (χ0) is 22.0. The summed E-state index contributed by atoms with van der Waals surface area (Å²) >= 11 is 0. The number of fused-ring (bicyclic) bond motifs is 1. The molecule has 0 saturated heterocycles. The van der Waals surface area contributed by atoms with Gasteiger partial charge in [-0.15, -0.1) is 0 Å². The third-order valence-electron chi connectivity index (χ3n) is 7.10. The Bertz CT molecular complexity index is 1360. The first-order valence-corrected chi connectivity index (χ1v) is 11.1. The van der Waals surface area contributed by atoms with E-state index in [-0.39, 0.29) is 28.4 Å². The molecule has 2 saturated carbocycles. The van der Waals surface area contributed by atoms with Gasteiger partial charge in [0.15, 0.2) is 22.6 Å². The fourth-order valence-electron chi connectivity index (χ4n) is 5.95. The van der Waals surface area contributed by atoms with E-state index < -0.39 is 5.97 Å². The molecular weight excluding hydrogens is 410 g/mol. The average Bonchev–Trinajstić information content (AvgIpc) is 3.38. The number of imidazole rings is 1. The Balaban J connectivity index is 1.47. The molecule has 7 rings (SSSR count). The van der Waals surface area contributed by atoms with E-state index in [9.17, 15) is 14.7 Å². The maximum atomic E-state index is 13.4. The summed E-state index contributed by atoms with van der Waals surface area (Å²) in [6.45, 7) is 2.33. The van der Waals surface area contributed by atoms with E-state index in [1.54, 1.807) is 6.07 Å². The topological polar surface area (TPSA) is 123 Å². The van der Waals surface area contributed by atoms with Crippen molar-refractivity contribution >= 4 is 17.1 Å². The maximum absolute atomic E-state index is 13.4. The van der Waals surface area contributed by atoms with Gasteiger partial charge < -0.3 is 14.8 Å². The molecule has 0 aliphatic heterocycles. The van der Waals surface area contributed by atoms with E-state index in [0.717, 1.165) is 25.1 Å². The molecule has 0 amide bonds. The number of aromatic carboxylic acids is 1. The van der Waals surface area contributed by atoms with E-state index in [2.05, 4.69) is 21.0 Å². The smallest absolute Gasteiger partial charge is 0.358 e. The van der Waals surface area contributed by atoms with Gasteiger partial charge in [-0.3, -0.25) is 9.36 Å². The van der Waals surface area contributed by atoms with E-state index in [4.69, 9.17) is 9.72 Å². The van der Waals surface area contributed by atoms with Crippen LogP contribution < -0.4 is 10.3 Å². The van der Waals surface area contributed by atoms with Gasteiger partial charge >= 0.3 is 12.0 Å². The van der Waals surface area contributed by atoms with Gasteiger partial charge in [-0.1, -0.05) is 18.6 Å². The summed E-state index contributed by atoms with van der Waals surface area (Å²) in [5, 5.41) is 9.42. The third kappa shape index (κ3) is 2.66. The minimum Gasteiger partial charge on any atom is -0.476 e. The number of aromatic nitrogens is 5. The number of nitrogens with zero attached hydrogens (tertiary/aromatic N) is 4. The molecule has 4 aliphatic carbocycles. The third-order valence-corrected chi connectivity index (χ3v) is 7.10. The number of nitrogens with one attached hydrogen (secondary N) is 1. The Hall–Kier alpha value is -3.49. The monoisotopic (exact) mass is 433 g/mol. The number of pyridine rings is 1. The minimum atomic E-state index is -1.22. The number of ether oxygens (including phenoxy) is 1. The summed E-state index contributed by atoms with van der Waals surface area (Å²) < 4.78 is 7.26. The fraction of sp³-hybridized carbons (Fsp3) is 0.435. The highest BCUT2D eigenvalue weighted by Gasteiger charge is 2.55. The minimum absolute atomic E-state index is 0.0202. The van der Waals surface area contributed by atoms with Crippen molar-refractivity contribution < 1.29 is 14.6 Å². The van der Waals surface area contributed by atoms with Crippen molar-refractivity contribution in [3.8, 4) is 11.8 Å². The van der Waals surface area contributed by atoms with Crippen LogP contribution in [0.25, 0.3) is 11.2 Å². The number of carboxylic acids is 1. The van der Waals surface area contributed by atoms with Crippen LogP contribution in [0.1, 0.15) is 55.3 Å². The lowest BCUT2D eigenvalue weighted by Crippen LogP contribution is -2.28. The van der Waals surface area contributed by atoms with Crippen molar-refractivity contribution in [1.29, 1.82) is 0 Å². The van der Waals surface area contributed by atoms with Crippen LogP contribution in [0.15, 0.2) is 34.8 Å². The molecule has 2 N–H and O–H groups in total. The molecule has 32 heavy (non-hydrogen) atoms. The SMILES string of the molecule is CCCn1c(Oc2cccnc2C(=O)O)nc2nc(C34CC5C=C3CC(C5)C4)[nH]c2c1=O. The van der Waals surface area contributed by atoms with Crippen molar-refractivity contribution in [2.75, 3.05) is 0 Å². The molecule has 9 nitrogen and oxygen atoms in total. The number of hydrogen-bond acceptors (Lipinski definition) is 6. The Morgan fingerprint density at radius 3 is 3.03 bits per heavy atom. The first kappa shape index (κ1) is 19.2. The molecular formula is C23H23N5O4. The predicted octanol–water partition coefficient (Wildman–Crippen LogP) is 3.41. The molecule has 9 heteroatoms. The van der Waals surface area contributed by atoms with Gasteiger partial charge in [0.2, 0.25) is 0 Å². The second kappa shape index (κ2) is 6.75. The molecule has 3 aromatic heterocycles. The zero-order valence-electron chi connectivity index (χ0n) is 17.7. The number of aromatic amines is 1. The van der Waals surface area contributed by atoms with Crippen molar-refractivity contribution in [1.82, 2.24) is 24.5 Å². The number of carboxylic acid groups (broad SMARTS) is 1. The molecule has 3 atom stereocenters. The molecule has 3 unspecified atom stereocenters. The van der Waals surface area contributed by atoms with E-state index in [1.807, 2.05) is 6.92 Å². The lowest BCUT2D eigenvalue weighted by Gasteiger charge is -2.30. The number of H-pyrrole nitrogens is 1. The van der Waals surface area contributed by atoms with Crippen LogP contribution in [0.5, 0.6) is 11.8 Å². The molecule has 3 aromatic rings. The van der Waals surface area contributed by atoms with Crippen LogP contribution in [0, 0.1) is 11.8 Å². The summed E-state index contributed by atoms with van der Waals surface area (Å²) in [4.78, 5) is 41.4. The second-order valence-corrected chi connectivity index (χ2v) is 9.14. The summed E-state index contributed by atoms with van der Waals surface area (Å²) in [7, 11) is 0. The molecule has 0 radical (unpaired) electrons. The van der Waals surface area contributed by atoms with Crippen LogP contribution in [-0.2, 0) is 12.0 Å². The second-order valence-electron chi connectivity index (χ2n) is 9.14. The molecule has 164 valence electrons. The first-order chi connectivity index (χ1) is 15.5. The standard InChI is InChI=1S/C23H23N5O4/c1-2-6-28-19(29)17-18(27-22(28)32-15-4-3-5-24-16(15)20(30)31)26-21(25-17)23-10-12-7-13(11-23)9-14(23)8-12/h3-5,8,12-13H,2,6-7,9-11H2,1H3,(H,25,26)(H,30,31). The van der Waals surface area contributed by atoms with Crippen LogP contribution in [0.3, 0.4) is 0 Å². The van der Waals surface area contributed by atoms with E-state index in [1.165, 1.54) is 28.8 Å². The van der Waals surface area contributed by atoms with Gasteiger partial charge in [0.25, 0.3) is 5.56 Å². The van der Waals surface area contributed by atoms with Crippen molar-refractivity contribution in [2.24, 2.45) is 11.8 Å². The van der Waals surface area contributed by atoms with Crippen molar-refractivity contribution in [2.45, 2.75) is 51.0 Å².